The number of carboxylic acid groups (broad SMARTS) is 1. The molecule has 0 spiro atoms. The molecule has 0 aliphatic rings. The van der Waals surface area contributed by atoms with Gasteiger partial charge in [-0.1, -0.05) is 6.92 Å². The number of ether oxygens (including phenoxy) is 1. The van der Waals surface area contributed by atoms with E-state index in [4.69, 9.17) is 14.9 Å². The van der Waals surface area contributed by atoms with Crippen molar-refractivity contribution in [2.24, 2.45) is 5.92 Å². The average molecular weight is 218 g/mol. The van der Waals surface area contributed by atoms with Crippen LogP contribution in [-0.2, 0) is 14.3 Å². The van der Waals surface area contributed by atoms with E-state index in [1.54, 1.807) is 6.92 Å². The minimum Gasteiger partial charge on any atom is -0.481 e. The molecule has 0 amide bonds. The van der Waals surface area contributed by atoms with Crippen LogP contribution >= 0.6 is 0 Å². The Morgan fingerprint density at radius 1 is 1.33 bits per heavy atom. The fourth-order valence-electron chi connectivity index (χ4n) is 1.05. The predicted octanol–water partition coefficient (Wildman–Crippen LogP) is 0.803. The van der Waals surface area contributed by atoms with E-state index in [9.17, 15) is 9.59 Å². The lowest BCUT2D eigenvalue weighted by Gasteiger charge is -2.09. The SMILES string of the molecule is CC(COC(=O)CCCCO)CC(=O)O. The summed E-state index contributed by atoms with van der Waals surface area (Å²) < 4.78 is 4.87. The van der Waals surface area contributed by atoms with E-state index in [1.165, 1.54) is 0 Å². The number of aliphatic hydroxyl groups excluding tert-OH is 1. The minimum absolute atomic E-state index is 0.00389. The number of aliphatic carboxylic acids is 1. The van der Waals surface area contributed by atoms with E-state index in [0.29, 0.717) is 12.8 Å². The zero-order chi connectivity index (χ0) is 11.7. The molecule has 5 heteroatoms. The molecule has 88 valence electrons. The van der Waals surface area contributed by atoms with Crippen LogP contribution in [0.15, 0.2) is 0 Å². The number of aliphatic hydroxyl groups is 1. The largest absolute Gasteiger partial charge is 0.481 e. The van der Waals surface area contributed by atoms with Crippen LogP contribution in [0.2, 0.25) is 0 Å². The van der Waals surface area contributed by atoms with Crippen molar-refractivity contribution in [2.75, 3.05) is 13.2 Å². The third-order valence-corrected chi connectivity index (χ3v) is 1.84. The quantitative estimate of drug-likeness (QED) is 0.465. The molecule has 0 heterocycles. The first kappa shape index (κ1) is 13.9. The number of carbonyl (C=O) groups is 2. The standard InChI is InChI=1S/C10H18O5/c1-8(6-9(12)13)7-15-10(14)4-2-3-5-11/h8,11H,2-7H2,1H3,(H,12,13). The average Bonchev–Trinajstić information content (AvgIpc) is 2.14. The molecule has 0 saturated carbocycles. The van der Waals surface area contributed by atoms with E-state index in [2.05, 4.69) is 0 Å². The molecule has 0 aliphatic heterocycles. The van der Waals surface area contributed by atoms with Crippen LogP contribution in [0, 0.1) is 5.92 Å². The Balaban J connectivity index is 3.48. The van der Waals surface area contributed by atoms with Crippen LogP contribution in [0.4, 0.5) is 0 Å². The third-order valence-electron chi connectivity index (χ3n) is 1.84. The monoisotopic (exact) mass is 218 g/mol. The summed E-state index contributed by atoms with van der Waals surface area (Å²) in [5, 5.41) is 16.9. The molecule has 0 aliphatic carbocycles. The second-order valence-corrected chi connectivity index (χ2v) is 3.57. The van der Waals surface area contributed by atoms with Gasteiger partial charge in [0.25, 0.3) is 0 Å². The summed E-state index contributed by atoms with van der Waals surface area (Å²) >= 11 is 0. The molecule has 1 unspecified atom stereocenters. The first-order valence-electron chi connectivity index (χ1n) is 5.04. The maximum atomic E-state index is 11.1. The molecule has 0 aromatic rings. The predicted molar refractivity (Wildman–Crippen MR) is 53.3 cm³/mol. The molecule has 1 atom stereocenters. The number of esters is 1. The van der Waals surface area contributed by atoms with Crippen molar-refractivity contribution >= 4 is 11.9 Å². The number of unbranched alkanes of at least 4 members (excludes halogenated alkanes) is 1. The van der Waals surface area contributed by atoms with Crippen molar-refractivity contribution in [3.63, 3.8) is 0 Å². The summed E-state index contributed by atoms with van der Waals surface area (Å²) in [6.45, 7) is 1.93. The van der Waals surface area contributed by atoms with Crippen LogP contribution in [0.1, 0.15) is 32.6 Å². The lowest BCUT2D eigenvalue weighted by Crippen LogP contribution is -2.14. The van der Waals surface area contributed by atoms with Crippen molar-refractivity contribution in [1.29, 1.82) is 0 Å². The first-order chi connectivity index (χ1) is 7.06. The van der Waals surface area contributed by atoms with E-state index < -0.39 is 5.97 Å². The summed E-state index contributed by atoms with van der Waals surface area (Å²) in [5.74, 6) is -1.39. The highest BCUT2D eigenvalue weighted by Gasteiger charge is 2.10. The van der Waals surface area contributed by atoms with Gasteiger partial charge < -0.3 is 14.9 Å². The summed E-state index contributed by atoms with van der Waals surface area (Å²) in [4.78, 5) is 21.4. The number of hydrogen-bond donors (Lipinski definition) is 2. The maximum Gasteiger partial charge on any atom is 0.305 e. The number of rotatable bonds is 8. The van der Waals surface area contributed by atoms with Gasteiger partial charge in [-0.25, -0.2) is 0 Å². The van der Waals surface area contributed by atoms with Gasteiger partial charge >= 0.3 is 11.9 Å². The molecule has 2 N–H and O–H groups in total. The molecule has 0 bridgehead atoms. The molecule has 0 aromatic heterocycles. The van der Waals surface area contributed by atoms with Gasteiger partial charge in [0.15, 0.2) is 0 Å². The Hall–Kier alpha value is -1.10. The fourth-order valence-corrected chi connectivity index (χ4v) is 1.05. The van der Waals surface area contributed by atoms with E-state index in [1.807, 2.05) is 0 Å². The van der Waals surface area contributed by atoms with Crippen molar-refractivity contribution in [2.45, 2.75) is 32.6 Å². The van der Waals surface area contributed by atoms with Crippen LogP contribution in [0.25, 0.3) is 0 Å². The smallest absolute Gasteiger partial charge is 0.305 e. The highest BCUT2D eigenvalue weighted by Crippen LogP contribution is 2.04. The zero-order valence-electron chi connectivity index (χ0n) is 8.94. The van der Waals surface area contributed by atoms with Crippen LogP contribution in [-0.4, -0.2) is 35.4 Å². The summed E-state index contributed by atoms with van der Waals surface area (Å²) in [6.07, 6.45) is 1.46. The van der Waals surface area contributed by atoms with Gasteiger partial charge in [0.05, 0.1) is 13.0 Å². The van der Waals surface area contributed by atoms with Crippen molar-refractivity contribution in [3.8, 4) is 0 Å². The van der Waals surface area contributed by atoms with Crippen LogP contribution < -0.4 is 0 Å². The lowest BCUT2D eigenvalue weighted by atomic mass is 10.1. The van der Waals surface area contributed by atoms with Gasteiger partial charge in [-0.15, -0.1) is 0 Å². The molecule has 0 fully saturated rings. The van der Waals surface area contributed by atoms with Gasteiger partial charge in [0.1, 0.15) is 0 Å². The topological polar surface area (TPSA) is 83.8 Å². The Morgan fingerprint density at radius 2 is 2.00 bits per heavy atom. The summed E-state index contributed by atoms with van der Waals surface area (Å²) in [5.41, 5.74) is 0. The van der Waals surface area contributed by atoms with E-state index >= 15 is 0 Å². The van der Waals surface area contributed by atoms with Crippen LogP contribution in [0.5, 0.6) is 0 Å². The fraction of sp³-hybridized carbons (Fsp3) is 0.800. The molecular weight excluding hydrogens is 200 g/mol. The van der Waals surface area contributed by atoms with Crippen molar-refractivity contribution < 1.29 is 24.5 Å². The number of carbonyl (C=O) groups excluding carboxylic acids is 1. The summed E-state index contributed by atoms with van der Waals surface area (Å²) in [7, 11) is 0. The second-order valence-electron chi connectivity index (χ2n) is 3.57. The molecule has 0 saturated heterocycles. The molecule has 5 nitrogen and oxygen atoms in total. The van der Waals surface area contributed by atoms with E-state index in [-0.39, 0.29) is 37.9 Å². The number of carboxylic acids is 1. The zero-order valence-corrected chi connectivity index (χ0v) is 8.94. The van der Waals surface area contributed by atoms with Crippen LogP contribution in [0.3, 0.4) is 0 Å². The summed E-state index contributed by atoms with van der Waals surface area (Å²) in [6, 6.07) is 0. The van der Waals surface area contributed by atoms with E-state index in [0.717, 1.165) is 0 Å². The lowest BCUT2D eigenvalue weighted by molar-refractivity contribution is -0.147. The second kappa shape index (κ2) is 8.23. The molecule has 0 rings (SSSR count). The Kier molecular flexibility index (Phi) is 7.62. The van der Waals surface area contributed by atoms with Gasteiger partial charge in [-0.2, -0.15) is 0 Å². The van der Waals surface area contributed by atoms with Gasteiger partial charge in [0.2, 0.25) is 0 Å². The maximum absolute atomic E-state index is 11.1. The first-order valence-corrected chi connectivity index (χ1v) is 5.04. The minimum atomic E-state index is -0.890. The van der Waals surface area contributed by atoms with Gasteiger partial charge in [0, 0.05) is 18.9 Å². The molecule has 0 aromatic carbocycles. The van der Waals surface area contributed by atoms with Gasteiger partial charge in [-0.05, 0) is 12.8 Å². The Bertz CT molecular complexity index is 202. The van der Waals surface area contributed by atoms with Gasteiger partial charge in [-0.3, -0.25) is 9.59 Å². The van der Waals surface area contributed by atoms with Crippen molar-refractivity contribution in [1.82, 2.24) is 0 Å². The Labute approximate surface area is 89.0 Å². The third kappa shape index (κ3) is 9.21. The number of hydrogen-bond acceptors (Lipinski definition) is 4. The molecule has 15 heavy (non-hydrogen) atoms. The highest BCUT2D eigenvalue weighted by atomic mass is 16.5. The molecule has 0 radical (unpaired) electrons. The normalized spacial score (nSPS) is 12.1. The highest BCUT2D eigenvalue weighted by molar-refractivity contribution is 5.69. The van der Waals surface area contributed by atoms with Crippen molar-refractivity contribution in [3.05, 3.63) is 0 Å². The molecular formula is C10H18O5. The Morgan fingerprint density at radius 3 is 2.53 bits per heavy atom.